The molecule has 0 radical (unpaired) electrons. The minimum Gasteiger partial charge on any atom is -0.277 e. The van der Waals surface area contributed by atoms with Crippen molar-refractivity contribution in [1.82, 2.24) is 10.2 Å². The number of rotatable bonds is 3. The number of nitrogens with one attached hydrogen (secondary N) is 1. The molecule has 8 heteroatoms. The first kappa shape index (κ1) is 14.7. The Morgan fingerprint density at radius 3 is 2.35 bits per heavy atom. The molecule has 7 nitrogen and oxygen atoms in total. The fourth-order valence-corrected chi connectivity index (χ4v) is 3.86. The van der Waals surface area contributed by atoms with E-state index in [0.717, 1.165) is 10.3 Å². The van der Waals surface area contributed by atoms with Crippen LogP contribution in [-0.4, -0.2) is 43.0 Å². The van der Waals surface area contributed by atoms with Crippen molar-refractivity contribution < 1.29 is 22.8 Å². The van der Waals surface area contributed by atoms with E-state index in [2.05, 4.69) is 5.32 Å². The second kappa shape index (κ2) is 4.69. The van der Waals surface area contributed by atoms with Crippen LogP contribution in [0, 0.1) is 5.41 Å². The lowest BCUT2D eigenvalue weighted by molar-refractivity contribution is -0.152. The van der Waals surface area contributed by atoms with Gasteiger partial charge in [-0.2, -0.15) is 0 Å². The number of amides is 4. The SMILES string of the molecule is CCC1(CC)C(=O)NC(=O)N(C2C=CS(=O)(=O)C2)C1=O. The molecule has 110 valence electrons. The summed E-state index contributed by atoms with van der Waals surface area (Å²) in [6, 6.07) is -1.71. The molecule has 4 amide bonds. The number of carbonyl (C=O) groups is 3. The van der Waals surface area contributed by atoms with Gasteiger partial charge in [0, 0.05) is 5.41 Å². The summed E-state index contributed by atoms with van der Waals surface area (Å²) < 4.78 is 22.9. The molecule has 0 bridgehead atoms. The Hall–Kier alpha value is -1.70. The standard InChI is InChI=1S/C12H16N2O5S/c1-3-12(4-2)9(15)13-11(17)14(10(12)16)8-5-6-20(18,19)7-8/h5-6,8H,3-4,7H2,1-2H3,(H,13,15,17). The second-order valence-electron chi connectivity index (χ2n) is 4.95. The summed E-state index contributed by atoms with van der Waals surface area (Å²) in [4.78, 5) is 37.2. The largest absolute Gasteiger partial charge is 0.331 e. The average molecular weight is 300 g/mol. The van der Waals surface area contributed by atoms with Gasteiger partial charge in [0.25, 0.3) is 0 Å². The van der Waals surface area contributed by atoms with Crippen molar-refractivity contribution in [2.24, 2.45) is 5.41 Å². The van der Waals surface area contributed by atoms with Gasteiger partial charge < -0.3 is 0 Å². The lowest BCUT2D eigenvalue weighted by Gasteiger charge is -2.40. The number of imide groups is 2. The van der Waals surface area contributed by atoms with Gasteiger partial charge in [0.05, 0.1) is 11.8 Å². The fourth-order valence-electron chi connectivity index (χ4n) is 2.59. The maximum atomic E-state index is 12.5. The predicted molar refractivity (Wildman–Crippen MR) is 70.1 cm³/mol. The van der Waals surface area contributed by atoms with Crippen LogP contribution in [0.4, 0.5) is 4.79 Å². The van der Waals surface area contributed by atoms with Crippen molar-refractivity contribution >= 4 is 27.7 Å². The van der Waals surface area contributed by atoms with Crippen LogP contribution < -0.4 is 5.32 Å². The Morgan fingerprint density at radius 1 is 1.30 bits per heavy atom. The number of sulfone groups is 1. The summed E-state index contributed by atoms with van der Waals surface area (Å²) in [5, 5.41) is 3.15. The summed E-state index contributed by atoms with van der Waals surface area (Å²) in [5.74, 6) is -1.56. The van der Waals surface area contributed by atoms with Crippen LogP contribution >= 0.6 is 0 Å². The topological polar surface area (TPSA) is 101 Å². The number of hydrogen-bond donors (Lipinski definition) is 1. The Kier molecular flexibility index (Phi) is 3.45. The van der Waals surface area contributed by atoms with Crippen molar-refractivity contribution in [2.45, 2.75) is 32.7 Å². The van der Waals surface area contributed by atoms with E-state index >= 15 is 0 Å². The van der Waals surface area contributed by atoms with Crippen LogP contribution in [0.5, 0.6) is 0 Å². The normalized spacial score (nSPS) is 27.8. The zero-order valence-corrected chi connectivity index (χ0v) is 12.1. The Balaban J connectivity index is 2.39. The third-order valence-corrected chi connectivity index (χ3v) is 5.33. The van der Waals surface area contributed by atoms with Gasteiger partial charge in [-0.1, -0.05) is 13.8 Å². The van der Waals surface area contributed by atoms with Gasteiger partial charge in [-0.15, -0.1) is 0 Å². The molecule has 0 spiro atoms. The zero-order valence-electron chi connectivity index (χ0n) is 11.3. The van der Waals surface area contributed by atoms with Crippen LogP contribution in [0.1, 0.15) is 26.7 Å². The third kappa shape index (κ3) is 2.04. The number of carbonyl (C=O) groups excluding carboxylic acids is 3. The predicted octanol–water partition coefficient (Wildman–Crippen LogP) is 0.182. The van der Waals surface area contributed by atoms with Crippen molar-refractivity contribution in [2.75, 3.05) is 5.75 Å². The molecule has 2 rings (SSSR count). The van der Waals surface area contributed by atoms with E-state index in [1.54, 1.807) is 13.8 Å². The summed E-state index contributed by atoms with van der Waals surface area (Å²) in [7, 11) is -3.40. The van der Waals surface area contributed by atoms with Gasteiger partial charge in [0.1, 0.15) is 5.41 Å². The molecule has 1 unspecified atom stereocenters. The van der Waals surface area contributed by atoms with E-state index < -0.39 is 39.1 Å². The summed E-state index contributed by atoms with van der Waals surface area (Å²) >= 11 is 0. The van der Waals surface area contributed by atoms with Crippen molar-refractivity contribution in [1.29, 1.82) is 0 Å². The first-order valence-electron chi connectivity index (χ1n) is 6.37. The fraction of sp³-hybridized carbons (Fsp3) is 0.583. The van der Waals surface area contributed by atoms with Gasteiger partial charge in [-0.25, -0.2) is 13.2 Å². The molecule has 1 fully saturated rings. The van der Waals surface area contributed by atoms with Gasteiger partial charge in [-0.3, -0.25) is 19.8 Å². The monoisotopic (exact) mass is 300 g/mol. The molecular weight excluding hydrogens is 284 g/mol. The van der Waals surface area contributed by atoms with E-state index in [-0.39, 0.29) is 18.6 Å². The molecule has 0 aromatic heterocycles. The van der Waals surface area contributed by atoms with Crippen LogP contribution in [-0.2, 0) is 19.4 Å². The van der Waals surface area contributed by atoms with E-state index in [4.69, 9.17) is 0 Å². The molecule has 1 saturated heterocycles. The smallest absolute Gasteiger partial charge is 0.277 e. The van der Waals surface area contributed by atoms with E-state index in [9.17, 15) is 22.8 Å². The average Bonchev–Trinajstić information content (AvgIpc) is 2.71. The molecule has 2 aliphatic rings. The molecule has 20 heavy (non-hydrogen) atoms. The minimum atomic E-state index is -3.40. The second-order valence-corrected chi connectivity index (χ2v) is 6.88. The number of urea groups is 1. The van der Waals surface area contributed by atoms with Crippen LogP contribution in [0.15, 0.2) is 11.5 Å². The zero-order chi connectivity index (χ0) is 15.1. The van der Waals surface area contributed by atoms with E-state index in [1.165, 1.54) is 6.08 Å². The molecular formula is C12H16N2O5S. The number of barbiturate groups is 1. The van der Waals surface area contributed by atoms with Crippen molar-refractivity contribution in [3.8, 4) is 0 Å². The summed E-state index contributed by atoms with van der Waals surface area (Å²) in [5.41, 5.74) is -1.30. The molecule has 0 aromatic rings. The highest BCUT2D eigenvalue weighted by molar-refractivity contribution is 7.94. The van der Waals surface area contributed by atoms with Crippen LogP contribution in [0.3, 0.4) is 0 Å². The maximum Gasteiger partial charge on any atom is 0.331 e. The third-order valence-electron chi connectivity index (χ3n) is 3.95. The lowest BCUT2D eigenvalue weighted by atomic mass is 9.78. The van der Waals surface area contributed by atoms with Crippen molar-refractivity contribution in [3.05, 3.63) is 11.5 Å². The molecule has 2 aliphatic heterocycles. The molecule has 0 saturated carbocycles. The first-order chi connectivity index (χ1) is 9.27. The lowest BCUT2D eigenvalue weighted by Crippen LogP contribution is -2.65. The van der Waals surface area contributed by atoms with Gasteiger partial charge >= 0.3 is 6.03 Å². The highest BCUT2D eigenvalue weighted by Crippen LogP contribution is 2.34. The number of nitrogens with zero attached hydrogens (tertiary/aromatic N) is 1. The van der Waals surface area contributed by atoms with Gasteiger partial charge in [0.15, 0.2) is 9.84 Å². The molecule has 2 heterocycles. The minimum absolute atomic E-state index is 0.251. The molecule has 0 aromatic carbocycles. The Bertz CT molecular complexity index is 603. The van der Waals surface area contributed by atoms with Crippen LogP contribution in [0.25, 0.3) is 0 Å². The van der Waals surface area contributed by atoms with Gasteiger partial charge in [0.2, 0.25) is 11.8 Å². The maximum absolute atomic E-state index is 12.5. The highest BCUT2D eigenvalue weighted by Gasteiger charge is 2.53. The summed E-state index contributed by atoms with van der Waals surface area (Å²) in [6.45, 7) is 3.38. The van der Waals surface area contributed by atoms with Crippen molar-refractivity contribution in [3.63, 3.8) is 0 Å². The highest BCUT2D eigenvalue weighted by atomic mass is 32.2. The van der Waals surface area contributed by atoms with Gasteiger partial charge in [-0.05, 0) is 18.9 Å². The molecule has 1 atom stereocenters. The Labute approximate surface area is 116 Å². The summed E-state index contributed by atoms with van der Waals surface area (Å²) in [6.07, 6.45) is 1.81. The number of hydrogen-bond acceptors (Lipinski definition) is 5. The molecule has 0 aliphatic carbocycles. The Morgan fingerprint density at radius 2 is 1.90 bits per heavy atom. The first-order valence-corrected chi connectivity index (χ1v) is 8.09. The van der Waals surface area contributed by atoms with E-state index in [0.29, 0.717) is 0 Å². The quantitative estimate of drug-likeness (QED) is 0.749. The van der Waals surface area contributed by atoms with E-state index in [1.807, 2.05) is 0 Å². The van der Waals surface area contributed by atoms with Crippen LogP contribution in [0.2, 0.25) is 0 Å². The molecule has 1 N–H and O–H groups in total.